The molecule has 0 saturated carbocycles. The van der Waals surface area contributed by atoms with Crippen molar-refractivity contribution in [2.45, 2.75) is 6.92 Å². The van der Waals surface area contributed by atoms with Crippen molar-refractivity contribution in [3.8, 4) is 11.8 Å². The fraction of sp³-hybridized carbons (Fsp3) is 0.143. The second kappa shape index (κ2) is 5.99. The van der Waals surface area contributed by atoms with Crippen LogP contribution in [0.15, 0.2) is 28.9 Å². The Morgan fingerprint density at radius 1 is 1.55 bits per heavy atom. The summed E-state index contributed by atoms with van der Waals surface area (Å²) in [5, 5.41) is 2.37. The number of hydrogen-bond donors (Lipinski definition) is 2. The fourth-order valence-electron chi connectivity index (χ4n) is 1.51. The summed E-state index contributed by atoms with van der Waals surface area (Å²) in [6.07, 6.45) is 1.38. The number of oxazole rings is 1. The van der Waals surface area contributed by atoms with Crippen molar-refractivity contribution in [2.75, 3.05) is 11.9 Å². The lowest BCUT2D eigenvalue weighted by Crippen LogP contribution is -2.14. The SMILES string of the molecule is Cc1coc(NC(=O)c2cc(C#CCN)ccc2F)n1. The van der Waals surface area contributed by atoms with E-state index in [1.54, 1.807) is 6.92 Å². The summed E-state index contributed by atoms with van der Waals surface area (Å²) >= 11 is 0. The Bertz CT molecular complexity index is 698. The highest BCUT2D eigenvalue weighted by Gasteiger charge is 2.14. The zero-order chi connectivity index (χ0) is 14.5. The number of anilines is 1. The van der Waals surface area contributed by atoms with E-state index in [4.69, 9.17) is 10.2 Å². The van der Waals surface area contributed by atoms with Gasteiger partial charge in [-0.3, -0.25) is 10.1 Å². The molecule has 0 unspecified atom stereocenters. The van der Waals surface area contributed by atoms with Gasteiger partial charge in [0.05, 0.1) is 17.8 Å². The van der Waals surface area contributed by atoms with Crippen LogP contribution in [0.2, 0.25) is 0 Å². The van der Waals surface area contributed by atoms with Gasteiger partial charge in [0.25, 0.3) is 5.91 Å². The molecule has 1 aromatic carbocycles. The van der Waals surface area contributed by atoms with E-state index in [0.717, 1.165) is 0 Å². The number of carbonyl (C=O) groups excluding carboxylic acids is 1. The van der Waals surface area contributed by atoms with Crippen molar-refractivity contribution in [1.82, 2.24) is 4.98 Å². The minimum atomic E-state index is -0.652. The molecule has 5 nitrogen and oxygen atoms in total. The van der Waals surface area contributed by atoms with Crippen molar-refractivity contribution < 1.29 is 13.6 Å². The molecule has 0 aliphatic heterocycles. The number of nitrogens with zero attached hydrogens (tertiary/aromatic N) is 1. The zero-order valence-electron chi connectivity index (χ0n) is 10.7. The van der Waals surface area contributed by atoms with Gasteiger partial charge in [-0.15, -0.1) is 0 Å². The van der Waals surface area contributed by atoms with Gasteiger partial charge in [0.1, 0.15) is 12.1 Å². The predicted molar refractivity (Wildman–Crippen MR) is 71.5 cm³/mol. The van der Waals surface area contributed by atoms with Crippen LogP contribution in [0.5, 0.6) is 0 Å². The maximum Gasteiger partial charge on any atom is 0.301 e. The molecule has 3 N–H and O–H groups in total. The van der Waals surface area contributed by atoms with E-state index in [1.165, 1.54) is 24.5 Å². The summed E-state index contributed by atoms with van der Waals surface area (Å²) in [5.74, 6) is 4.07. The van der Waals surface area contributed by atoms with Crippen molar-refractivity contribution in [1.29, 1.82) is 0 Å². The molecule has 0 aliphatic rings. The first-order chi connectivity index (χ1) is 9.60. The smallest absolute Gasteiger partial charge is 0.301 e. The van der Waals surface area contributed by atoms with Gasteiger partial charge in [-0.25, -0.2) is 4.39 Å². The van der Waals surface area contributed by atoms with Crippen LogP contribution in [0.4, 0.5) is 10.4 Å². The molecule has 20 heavy (non-hydrogen) atoms. The number of carbonyl (C=O) groups is 1. The third-order valence-corrected chi connectivity index (χ3v) is 2.39. The van der Waals surface area contributed by atoms with E-state index in [-0.39, 0.29) is 18.1 Å². The Morgan fingerprint density at radius 3 is 3.00 bits per heavy atom. The first kappa shape index (κ1) is 13.8. The van der Waals surface area contributed by atoms with Crippen LogP contribution in [0.3, 0.4) is 0 Å². The highest BCUT2D eigenvalue weighted by atomic mass is 19.1. The van der Waals surface area contributed by atoms with Gasteiger partial charge < -0.3 is 10.2 Å². The lowest BCUT2D eigenvalue weighted by molar-refractivity contribution is 0.102. The molecule has 1 heterocycles. The summed E-state index contributed by atoms with van der Waals surface area (Å²) in [5.41, 5.74) is 6.25. The third-order valence-electron chi connectivity index (χ3n) is 2.39. The Morgan fingerprint density at radius 2 is 2.35 bits per heavy atom. The number of amides is 1. The number of halogens is 1. The number of aromatic nitrogens is 1. The summed E-state index contributed by atoms with van der Waals surface area (Å²) in [4.78, 5) is 15.9. The Labute approximate surface area is 115 Å². The molecule has 0 saturated heterocycles. The Hall–Kier alpha value is -2.65. The van der Waals surface area contributed by atoms with E-state index >= 15 is 0 Å². The Balaban J connectivity index is 2.24. The maximum absolute atomic E-state index is 13.7. The maximum atomic E-state index is 13.7. The Kier molecular flexibility index (Phi) is 4.13. The molecular weight excluding hydrogens is 261 g/mol. The van der Waals surface area contributed by atoms with Crippen LogP contribution in [-0.4, -0.2) is 17.4 Å². The molecule has 1 amide bonds. The van der Waals surface area contributed by atoms with Crippen LogP contribution in [0.25, 0.3) is 0 Å². The van der Waals surface area contributed by atoms with Gasteiger partial charge in [0.15, 0.2) is 0 Å². The number of aryl methyl sites for hydroxylation is 1. The van der Waals surface area contributed by atoms with Crippen molar-refractivity contribution in [2.24, 2.45) is 5.73 Å². The molecular formula is C14H12FN3O2. The average molecular weight is 273 g/mol. The summed E-state index contributed by atoms with van der Waals surface area (Å²) < 4.78 is 18.6. The van der Waals surface area contributed by atoms with E-state index in [1.807, 2.05) is 0 Å². The van der Waals surface area contributed by atoms with Crippen LogP contribution in [-0.2, 0) is 0 Å². The van der Waals surface area contributed by atoms with Gasteiger partial charge in [-0.2, -0.15) is 4.98 Å². The number of hydrogen-bond acceptors (Lipinski definition) is 4. The van der Waals surface area contributed by atoms with Crippen molar-refractivity contribution >= 4 is 11.9 Å². The number of nitrogens with two attached hydrogens (primary N) is 1. The van der Waals surface area contributed by atoms with Crippen LogP contribution >= 0.6 is 0 Å². The standard InChI is InChI=1S/C14H12FN3O2/c1-9-8-20-14(17-9)18-13(19)11-7-10(3-2-6-16)4-5-12(11)15/h4-5,7-8H,6,16H2,1H3,(H,17,18,19). The van der Waals surface area contributed by atoms with Gasteiger partial charge in [0, 0.05) is 5.56 Å². The lowest BCUT2D eigenvalue weighted by atomic mass is 10.1. The fourth-order valence-corrected chi connectivity index (χ4v) is 1.51. The highest BCUT2D eigenvalue weighted by molar-refractivity contribution is 6.03. The molecule has 2 rings (SSSR count). The third kappa shape index (κ3) is 3.22. The molecule has 0 radical (unpaired) electrons. The molecule has 0 fully saturated rings. The van der Waals surface area contributed by atoms with E-state index < -0.39 is 11.7 Å². The van der Waals surface area contributed by atoms with Crippen LogP contribution in [0, 0.1) is 24.6 Å². The molecule has 102 valence electrons. The van der Waals surface area contributed by atoms with Gasteiger partial charge >= 0.3 is 6.01 Å². The molecule has 6 heteroatoms. The first-order valence-electron chi connectivity index (χ1n) is 5.82. The minimum absolute atomic E-state index is 0.0188. The normalized spacial score (nSPS) is 9.75. The van der Waals surface area contributed by atoms with E-state index in [2.05, 4.69) is 22.1 Å². The monoisotopic (exact) mass is 273 g/mol. The summed E-state index contributed by atoms with van der Waals surface area (Å²) in [7, 11) is 0. The topological polar surface area (TPSA) is 81.2 Å². The first-order valence-corrected chi connectivity index (χ1v) is 5.82. The van der Waals surface area contributed by atoms with Gasteiger partial charge in [-0.1, -0.05) is 11.8 Å². The lowest BCUT2D eigenvalue weighted by Gasteiger charge is -2.03. The molecule has 2 aromatic rings. The van der Waals surface area contributed by atoms with E-state index in [9.17, 15) is 9.18 Å². The van der Waals surface area contributed by atoms with Crippen molar-refractivity contribution in [3.05, 3.63) is 47.1 Å². The van der Waals surface area contributed by atoms with Gasteiger partial charge in [-0.05, 0) is 25.1 Å². The number of rotatable bonds is 2. The minimum Gasteiger partial charge on any atom is -0.432 e. The molecule has 1 aromatic heterocycles. The molecule has 0 atom stereocenters. The van der Waals surface area contributed by atoms with Crippen LogP contribution in [0.1, 0.15) is 21.6 Å². The average Bonchev–Trinajstić information content (AvgIpc) is 2.83. The quantitative estimate of drug-likeness (QED) is 0.816. The highest BCUT2D eigenvalue weighted by Crippen LogP contribution is 2.13. The van der Waals surface area contributed by atoms with E-state index in [0.29, 0.717) is 11.3 Å². The summed E-state index contributed by atoms with van der Waals surface area (Å²) in [6.45, 7) is 1.90. The van der Waals surface area contributed by atoms with Crippen LogP contribution < -0.4 is 11.1 Å². The molecule has 0 spiro atoms. The van der Waals surface area contributed by atoms with Crippen molar-refractivity contribution in [3.63, 3.8) is 0 Å². The zero-order valence-corrected chi connectivity index (χ0v) is 10.7. The predicted octanol–water partition coefficient (Wildman–Crippen LogP) is 1.68. The number of benzene rings is 1. The second-order valence-corrected chi connectivity index (χ2v) is 3.95. The number of nitrogens with one attached hydrogen (secondary N) is 1. The molecule has 0 bridgehead atoms. The summed E-state index contributed by atoms with van der Waals surface area (Å²) in [6, 6.07) is 4.02. The van der Waals surface area contributed by atoms with Gasteiger partial charge in [0.2, 0.25) is 0 Å². The molecule has 0 aliphatic carbocycles. The largest absolute Gasteiger partial charge is 0.432 e. The second-order valence-electron chi connectivity index (χ2n) is 3.95.